The molecule has 19 heavy (non-hydrogen) atoms. The van der Waals surface area contributed by atoms with Crippen LogP contribution in [-0.4, -0.2) is 10.5 Å². The zero-order chi connectivity index (χ0) is 14.0. The first-order valence-electron chi connectivity index (χ1n) is 6.65. The van der Waals surface area contributed by atoms with Gasteiger partial charge in [0.05, 0.1) is 4.92 Å². The summed E-state index contributed by atoms with van der Waals surface area (Å²) in [5.74, 6) is -0.135. The summed E-state index contributed by atoms with van der Waals surface area (Å²) in [6, 6.07) is 4.07. The van der Waals surface area contributed by atoms with Gasteiger partial charge in [-0.25, -0.2) is 0 Å². The molecule has 0 bridgehead atoms. The number of hydrogen-bond donors (Lipinski definition) is 1. The first kappa shape index (κ1) is 13.9. The molecule has 0 aliphatic heterocycles. The number of benzene rings is 1. The minimum atomic E-state index is -0.781. The molecule has 0 heterocycles. The van der Waals surface area contributed by atoms with Gasteiger partial charge in [0.15, 0.2) is 0 Å². The smallest absolute Gasteiger partial charge is 0.304 e. The van der Waals surface area contributed by atoms with E-state index in [2.05, 4.69) is 6.92 Å². The van der Waals surface area contributed by atoms with Crippen molar-refractivity contribution in [2.45, 2.75) is 44.6 Å². The molecule has 0 amide bonds. The van der Waals surface area contributed by atoms with E-state index in [0.717, 1.165) is 31.2 Å². The standard InChI is InChI=1S/C14H19FN2O2/c1-2-10-5-6-14(16,8-10)9-11-3-4-13(17(18)19)12(15)7-11/h3-4,7,10H,2,5-6,8-9,16H2,1H3. The fourth-order valence-corrected chi connectivity index (χ4v) is 2.99. The van der Waals surface area contributed by atoms with Crippen LogP contribution in [0.5, 0.6) is 0 Å². The Hall–Kier alpha value is -1.49. The second-order valence-corrected chi connectivity index (χ2v) is 5.60. The van der Waals surface area contributed by atoms with Crippen molar-refractivity contribution in [3.8, 4) is 0 Å². The average Bonchev–Trinajstić information content (AvgIpc) is 2.70. The minimum absolute atomic E-state index is 0.288. The van der Waals surface area contributed by atoms with E-state index in [1.54, 1.807) is 6.07 Å². The maximum Gasteiger partial charge on any atom is 0.304 e. The van der Waals surface area contributed by atoms with Crippen molar-refractivity contribution < 1.29 is 9.31 Å². The second-order valence-electron chi connectivity index (χ2n) is 5.60. The molecule has 1 fully saturated rings. The fourth-order valence-electron chi connectivity index (χ4n) is 2.99. The second kappa shape index (κ2) is 5.25. The van der Waals surface area contributed by atoms with E-state index in [4.69, 9.17) is 5.73 Å². The Morgan fingerprint density at radius 2 is 2.32 bits per heavy atom. The Balaban J connectivity index is 2.12. The topological polar surface area (TPSA) is 69.2 Å². The summed E-state index contributed by atoms with van der Waals surface area (Å²) in [6.45, 7) is 2.15. The number of nitrogens with zero attached hydrogens (tertiary/aromatic N) is 1. The van der Waals surface area contributed by atoms with Crippen molar-refractivity contribution in [3.63, 3.8) is 0 Å². The maximum absolute atomic E-state index is 13.6. The summed E-state index contributed by atoms with van der Waals surface area (Å²) in [5, 5.41) is 10.6. The molecule has 1 aromatic carbocycles. The van der Waals surface area contributed by atoms with Crippen LogP contribution in [0.4, 0.5) is 10.1 Å². The van der Waals surface area contributed by atoms with E-state index in [0.29, 0.717) is 12.3 Å². The number of rotatable bonds is 4. The van der Waals surface area contributed by atoms with Gasteiger partial charge in [-0.2, -0.15) is 4.39 Å². The molecule has 1 saturated carbocycles. The molecular weight excluding hydrogens is 247 g/mol. The zero-order valence-electron chi connectivity index (χ0n) is 11.1. The van der Waals surface area contributed by atoms with E-state index in [-0.39, 0.29) is 5.54 Å². The SMILES string of the molecule is CCC1CCC(N)(Cc2ccc([N+](=O)[O-])c(F)c2)C1. The van der Waals surface area contributed by atoms with Gasteiger partial charge in [-0.3, -0.25) is 10.1 Å². The van der Waals surface area contributed by atoms with Crippen LogP contribution in [0.2, 0.25) is 0 Å². The van der Waals surface area contributed by atoms with Crippen LogP contribution in [0, 0.1) is 21.8 Å². The highest BCUT2D eigenvalue weighted by Gasteiger charge is 2.35. The molecule has 0 spiro atoms. The normalized spacial score (nSPS) is 26.6. The third kappa shape index (κ3) is 3.10. The minimum Gasteiger partial charge on any atom is -0.325 e. The molecule has 1 aromatic rings. The van der Waals surface area contributed by atoms with E-state index in [9.17, 15) is 14.5 Å². The molecule has 104 valence electrons. The lowest BCUT2D eigenvalue weighted by Crippen LogP contribution is -2.39. The van der Waals surface area contributed by atoms with Crippen molar-refractivity contribution in [3.05, 3.63) is 39.7 Å². The van der Waals surface area contributed by atoms with Crippen LogP contribution >= 0.6 is 0 Å². The van der Waals surface area contributed by atoms with E-state index in [1.807, 2.05) is 0 Å². The molecule has 1 aliphatic rings. The van der Waals surface area contributed by atoms with Crippen LogP contribution in [0.15, 0.2) is 18.2 Å². The lowest BCUT2D eigenvalue weighted by atomic mass is 9.89. The average molecular weight is 266 g/mol. The van der Waals surface area contributed by atoms with Gasteiger partial charge in [0.1, 0.15) is 0 Å². The number of hydrogen-bond acceptors (Lipinski definition) is 3. The number of nitrogens with two attached hydrogens (primary N) is 1. The van der Waals surface area contributed by atoms with Crippen LogP contribution in [0.1, 0.15) is 38.2 Å². The van der Waals surface area contributed by atoms with Crippen molar-refractivity contribution >= 4 is 5.69 Å². The highest BCUT2D eigenvalue weighted by molar-refractivity contribution is 5.35. The van der Waals surface area contributed by atoms with Crippen LogP contribution in [-0.2, 0) is 6.42 Å². The van der Waals surface area contributed by atoms with Crippen molar-refractivity contribution in [1.29, 1.82) is 0 Å². The lowest BCUT2D eigenvalue weighted by Gasteiger charge is -2.24. The first-order chi connectivity index (χ1) is 8.93. The van der Waals surface area contributed by atoms with E-state index >= 15 is 0 Å². The Morgan fingerprint density at radius 3 is 2.84 bits per heavy atom. The van der Waals surface area contributed by atoms with Crippen LogP contribution in [0.25, 0.3) is 0 Å². The lowest BCUT2D eigenvalue weighted by molar-refractivity contribution is -0.387. The third-order valence-electron chi connectivity index (χ3n) is 4.09. The van der Waals surface area contributed by atoms with Gasteiger partial charge in [0, 0.05) is 11.6 Å². The summed E-state index contributed by atoms with van der Waals surface area (Å²) in [6.07, 6.45) is 4.70. The summed E-state index contributed by atoms with van der Waals surface area (Å²) < 4.78 is 13.6. The Morgan fingerprint density at radius 1 is 1.58 bits per heavy atom. The Labute approximate surface area is 112 Å². The molecule has 2 unspecified atom stereocenters. The van der Waals surface area contributed by atoms with Gasteiger partial charge in [0.25, 0.3) is 0 Å². The van der Waals surface area contributed by atoms with Gasteiger partial charge >= 0.3 is 5.69 Å². The van der Waals surface area contributed by atoms with Crippen LogP contribution < -0.4 is 5.73 Å². The molecule has 2 N–H and O–H groups in total. The van der Waals surface area contributed by atoms with Gasteiger partial charge < -0.3 is 5.73 Å². The van der Waals surface area contributed by atoms with Crippen molar-refractivity contribution in [1.82, 2.24) is 0 Å². The van der Waals surface area contributed by atoms with Gasteiger partial charge in [-0.05, 0) is 43.2 Å². The van der Waals surface area contributed by atoms with E-state index < -0.39 is 16.4 Å². The van der Waals surface area contributed by atoms with Crippen LogP contribution in [0.3, 0.4) is 0 Å². The first-order valence-corrected chi connectivity index (χ1v) is 6.65. The number of halogens is 1. The summed E-state index contributed by atoms with van der Waals surface area (Å²) in [5.41, 5.74) is 6.32. The maximum atomic E-state index is 13.6. The van der Waals surface area contributed by atoms with Gasteiger partial charge in [-0.15, -0.1) is 0 Å². The highest BCUT2D eigenvalue weighted by atomic mass is 19.1. The zero-order valence-corrected chi connectivity index (χ0v) is 11.1. The molecule has 4 nitrogen and oxygen atoms in total. The Bertz CT molecular complexity index is 492. The quantitative estimate of drug-likeness (QED) is 0.672. The van der Waals surface area contributed by atoms with E-state index in [1.165, 1.54) is 12.1 Å². The molecule has 2 rings (SSSR count). The molecule has 0 radical (unpaired) electrons. The molecular formula is C14H19FN2O2. The molecule has 0 aromatic heterocycles. The number of nitro benzene ring substituents is 1. The highest BCUT2D eigenvalue weighted by Crippen LogP contribution is 2.37. The van der Waals surface area contributed by atoms with Crippen molar-refractivity contribution in [2.75, 3.05) is 0 Å². The summed E-state index contributed by atoms with van der Waals surface area (Å²) in [7, 11) is 0. The third-order valence-corrected chi connectivity index (χ3v) is 4.09. The van der Waals surface area contributed by atoms with Crippen molar-refractivity contribution in [2.24, 2.45) is 11.7 Å². The summed E-state index contributed by atoms with van der Waals surface area (Å²) in [4.78, 5) is 9.86. The summed E-state index contributed by atoms with van der Waals surface area (Å²) >= 11 is 0. The Kier molecular flexibility index (Phi) is 3.85. The largest absolute Gasteiger partial charge is 0.325 e. The molecule has 5 heteroatoms. The van der Waals surface area contributed by atoms with Gasteiger partial charge in [-0.1, -0.05) is 19.4 Å². The molecule has 2 atom stereocenters. The van der Waals surface area contributed by atoms with Gasteiger partial charge in [0.2, 0.25) is 5.82 Å². The predicted octanol–water partition coefficient (Wildman–Crippen LogP) is 3.18. The fraction of sp³-hybridized carbons (Fsp3) is 0.571. The number of nitro groups is 1. The molecule has 0 saturated heterocycles. The predicted molar refractivity (Wildman–Crippen MR) is 71.3 cm³/mol. The monoisotopic (exact) mass is 266 g/mol. The molecule has 1 aliphatic carbocycles.